The van der Waals surface area contributed by atoms with Crippen molar-refractivity contribution in [1.29, 1.82) is 0 Å². The molecule has 6 heteroatoms. The first-order chi connectivity index (χ1) is 14.7. The molecule has 0 unspecified atom stereocenters. The molecule has 0 spiro atoms. The van der Waals surface area contributed by atoms with Crippen LogP contribution >= 0.6 is 0 Å². The summed E-state index contributed by atoms with van der Waals surface area (Å²) < 4.78 is 11.2. The Bertz CT molecular complexity index is 774. The fraction of sp³-hybridized carbons (Fsp3) is 0.417. The summed E-state index contributed by atoms with van der Waals surface area (Å²) in [6.45, 7) is 2.26. The number of rotatable bonds is 10. The van der Waals surface area contributed by atoms with Crippen LogP contribution in [0.4, 0.5) is 0 Å². The van der Waals surface area contributed by atoms with Crippen LogP contribution in [0.1, 0.15) is 32.1 Å². The summed E-state index contributed by atoms with van der Waals surface area (Å²) in [5, 5.41) is 3.06. The van der Waals surface area contributed by atoms with E-state index in [4.69, 9.17) is 9.47 Å². The van der Waals surface area contributed by atoms with Crippen molar-refractivity contribution in [1.82, 2.24) is 10.2 Å². The van der Waals surface area contributed by atoms with Crippen LogP contribution in [0.3, 0.4) is 0 Å². The second kappa shape index (κ2) is 11.9. The number of hydrogen-bond acceptors (Lipinski definition) is 4. The number of amides is 2. The number of carbonyl (C=O) groups is 2. The van der Waals surface area contributed by atoms with E-state index in [1.807, 2.05) is 65.6 Å². The molecule has 30 heavy (non-hydrogen) atoms. The quantitative estimate of drug-likeness (QED) is 0.610. The largest absolute Gasteiger partial charge is 0.494 e. The molecule has 1 aliphatic heterocycles. The molecule has 0 aromatic heterocycles. The van der Waals surface area contributed by atoms with Crippen LogP contribution in [0.15, 0.2) is 60.7 Å². The van der Waals surface area contributed by atoms with E-state index in [-0.39, 0.29) is 17.9 Å². The van der Waals surface area contributed by atoms with Gasteiger partial charge in [-0.1, -0.05) is 36.4 Å². The molecule has 160 valence electrons. The van der Waals surface area contributed by atoms with Gasteiger partial charge in [-0.2, -0.15) is 0 Å². The van der Waals surface area contributed by atoms with Crippen LogP contribution in [0.25, 0.3) is 0 Å². The van der Waals surface area contributed by atoms with Crippen LogP contribution in [-0.4, -0.2) is 49.1 Å². The van der Waals surface area contributed by atoms with Gasteiger partial charge in [0.2, 0.25) is 11.8 Å². The van der Waals surface area contributed by atoms with Crippen molar-refractivity contribution in [2.75, 3.05) is 26.3 Å². The maximum absolute atomic E-state index is 12.4. The zero-order chi connectivity index (χ0) is 21.0. The molecule has 1 aliphatic rings. The van der Waals surface area contributed by atoms with Crippen molar-refractivity contribution >= 4 is 11.8 Å². The van der Waals surface area contributed by atoms with Gasteiger partial charge in [-0.05, 0) is 43.5 Å². The summed E-state index contributed by atoms with van der Waals surface area (Å²) in [7, 11) is 0. The molecule has 1 fully saturated rings. The number of likely N-dealkylation sites (tertiary alicyclic amines) is 1. The van der Waals surface area contributed by atoms with Crippen molar-refractivity contribution in [3.05, 3.63) is 60.7 Å². The van der Waals surface area contributed by atoms with Gasteiger partial charge in [-0.25, -0.2) is 0 Å². The number of para-hydroxylation sites is 2. The molecule has 2 aromatic rings. The Morgan fingerprint density at radius 3 is 2.00 bits per heavy atom. The van der Waals surface area contributed by atoms with Gasteiger partial charge >= 0.3 is 0 Å². The minimum absolute atomic E-state index is 0.00577. The molecule has 1 N–H and O–H groups in total. The highest BCUT2D eigenvalue weighted by atomic mass is 16.5. The number of nitrogens with one attached hydrogen (secondary N) is 1. The lowest BCUT2D eigenvalue weighted by Gasteiger charge is -2.32. The predicted octanol–water partition coefficient (Wildman–Crippen LogP) is 3.42. The summed E-state index contributed by atoms with van der Waals surface area (Å²) in [6.07, 6.45) is 3.09. The van der Waals surface area contributed by atoms with E-state index in [2.05, 4.69) is 5.32 Å². The third-order valence-corrected chi connectivity index (χ3v) is 5.10. The Morgan fingerprint density at radius 1 is 0.833 bits per heavy atom. The Balaban J connectivity index is 1.25. The Hall–Kier alpha value is -3.02. The lowest BCUT2D eigenvalue weighted by Crippen LogP contribution is -2.46. The van der Waals surface area contributed by atoms with Gasteiger partial charge in [0.15, 0.2) is 0 Å². The number of ether oxygens (including phenoxy) is 2. The fourth-order valence-electron chi connectivity index (χ4n) is 3.44. The van der Waals surface area contributed by atoms with E-state index in [1.165, 1.54) is 0 Å². The molecular formula is C24H30N2O4. The van der Waals surface area contributed by atoms with Gasteiger partial charge < -0.3 is 19.7 Å². The van der Waals surface area contributed by atoms with Crippen LogP contribution < -0.4 is 14.8 Å². The minimum Gasteiger partial charge on any atom is -0.494 e. The molecule has 0 bridgehead atoms. The smallest absolute Gasteiger partial charge is 0.223 e. The number of hydrogen-bond donors (Lipinski definition) is 1. The summed E-state index contributed by atoms with van der Waals surface area (Å²) in [6, 6.07) is 19.2. The molecule has 0 aliphatic carbocycles. The highest BCUT2D eigenvalue weighted by molar-refractivity contribution is 5.77. The molecule has 0 radical (unpaired) electrons. The number of nitrogens with zero attached hydrogens (tertiary/aromatic N) is 1. The molecular weight excluding hydrogens is 380 g/mol. The maximum Gasteiger partial charge on any atom is 0.223 e. The average molecular weight is 411 g/mol. The third kappa shape index (κ3) is 7.43. The van der Waals surface area contributed by atoms with Gasteiger partial charge in [0.1, 0.15) is 11.5 Å². The van der Waals surface area contributed by atoms with Crippen LogP contribution in [0, 0.1) is 0 Å². The zero-order valence-electron chi connectivity index (χ0n) is 17.3. The second-order valence-corrected chi connectivity index (χ2v) is 7.40. The van der Waals surface area contributed by atoms with Gasteiger partial charge in [-0.3, -0.25) is 9.59 Å². The topological polar surface area (TPSA) is 67.9 Å². The monoisotopic (exact) mass is 410 g/mol. The van der Waals surface area contributed by atoms with E-state index in [0.717, 1.165) is 24.3 Å². The summed E-state index contributed by atoms with van der Waals surface area (Å²) in [4.78, 5) is 26.4. The van der Waals surface area contributed by atoms with E-state index in [0.29, 0.717) is 45.6 Å². The van der Waals surface area contributed by atoms with Crippen molar-refractivity contribution < 1.29 is 19.1 Å². The number of piperidine rings is 1. The SMILES string of the molecule is O=C(CCOc1ccccc1)NC1CCN(C(=O)CCCOc2ccccc2)CC1. The van der Waals surface area contributed by atoms with Crippen LogP contribution in [0.2, 0.25) is 0 Å². The lowest BCUT2D eigenvalue weighted by molar-refractivity contribution is -0.132. The van der Waals surface area contributed by atoms with E-state index in [1.54, 1.807) is 0 Å². The van der Waals surface area contributed by atoms with Gasteiger partial charge in [0.05, 0.1) is 19.6 Å². The molecule has 0 atom stereocenters. The normalized spacial score (nSPS) is 14.2. The van der Waals surface area contributed by atoms with Crippen molar-refractivity contribution in [2.24, 2.45) is 0 Å². The zero-order valence-corrected chi connectivity index (χ0v) is 17.3. The first-order valence-electron chi connectivity index (χ1n) is 10.6. The third-order valence-electron chi connectivity index (χ3n) is 5.10. The van der Waals surface area contributed by atoms with E-state index in [9.17, 15) is 9.59 Å². The Morgan fingerprint density at radius 2 is 1.40 bits per heavy atom. The summed E-state index contributed by atoms with van der Waals surface area (Å²) >= 11 is 0. The molecule has 3 rings (SSSR count). The van der Waals surface area contributed by atoms with Crippen molar-refractivity contribution in [2.45, 2.75) is 38.1 Å². The minimum atomic E-state index is -0.00577. The molecule has 1 heterocycles. The van der Waals surface area contributed by atoms with Crippen LogP contribution in [0.5, 0.6) is 11.5 Å². The summed E-state index contributed by atoms with van der Waals surface area (Å²) in [5.41, 5.74) is 0. The van der Waals surface area contributed by atoms with Gasteiger partial charge in [-0.15, -0.1) is 0 Å². The first-order valence-corrected chi connectivity index (χ1v) is 10.6. The molecule has 2 aromatic carbocycles. The van der Waals surface area contributed by atoms with Crippen LogP contribution in [-0.2, 0) is 9.59 Å². The highest BCUT2D eigenvalue weighted by Gasteiger charge is 2.23. The predicted molar refractivity (Wildman–Crippen MR) is 115 cm³/mol. The maximum atomic E-state index is 12.4. The second-order valence-electron chi connectivity index (χ2n) is 7.40. The number of benzene rings is 2. The lowest BCUT2D eigenvalue weighted by atomic mass is 10.0. The van der Waals surface area contributed by atoms with Gasteiger partial charge in [0, 0.05) is 25.6 Å². The number of carbonyl (C=O) groups excluding carboxylic acids is 2. The van der Waals surface area contributed by atoms with Crippen molar-refractivity contribution in [3.8, 4) is 11.5 Å². The van der Waals surface area contributed by atoms with Gasteiger partial charge in [0.25, 0.3) is 0 Å². The Labute approximate surface area is 178 Å². The highest BCUT2D eigenvalue weighted by Crippen LogP contribution is 2.14. The molecule has 0 saturated carbocycles. The average Bonchev–Trinajstić information content (AvgIpc) is 2.78. The first kappa shape index (κ1) is 21.7. The fourth-order valence-corrected chi connectivity index (χ4v) is 3.44. The summed E-state index contributed by atoms with van der Waals surface area (Å²) in [5.74, 6) is 1.75. The molecule has 2 amide bonds. The molecule has 6 nitrogen and oxygen atoms in total. The molecule has 1 saturated heterocycles. The Kier molecular flexibility index (Phi) is 8.57. The van der Waals surface area contributed by atoms with E-state index >= 15 is 0 Å². The standard InChI is InChI=1S/C24H30N2O4/c27-23(15-19-30-22-10-5-2-6-11-22)25-20-13-16-26(17-14-20)24(28)12-7-18-29-21-8-3-1-4-9-21/h1-6,8-11,20H,7,12-19H2,(H,25,27). The van der Waals surface area contributed by atoms with Crippen molar-refractivity contribution in [3.63, 3.8) is 0 Å². The van der Waals surface area contributed by atoms with E-state index < -0.39 is 0 Å².